The van der Waals surface area contributed by atoms with E-state index in [1.54, 1.807) is 0 Å². The molecule has 1 fully saturated rings. The zero-order valence-corrected chi connectivity index (χ0v) is 12.9. The Labute approximate surface area is 126 Å². The van der Waals surface area contributed by atoms with Gasteiger partial charge in [0.2, 0.25) is 0 Å². The fraction of sp³-hybridized carbons (Fsp3) is 0.533. The summed E-state index contributed by atoms with van der Waals surface area (Å²) in [5.74, 6) is 0.825. The molecule has 0 saturated carbocycles. The second kappa shape index (κ2) is 7.50. The quantitative estimate of drug-likeness (QED) is 0.925. The van der Waals surface area contributed by atoms with E-state index < -0.39 is 0 Å². The number of halogens is 1. The molecule has 0 bridgehead atoms. The summed E-state index contributed by atoms with van der Waals surface area (Å²) in [6, 6.07) is 6.20. The first kappa shape index (κ1) is 16.8. The molecule has 1 aromatic carbocycles. The first-order valence-electron chi connectivity index (χ1n) is 6.81. The van der Waals surface area contributed by atoms with Crippen molar-refractivity contribution in [3.05, 3.63) is 29.3 Å². The minimum atomic E-state index is 0. The van der Waals surface area contributed by atoms with Gasteiger partial charge in [0.05, 0.1) is 0 Å². The van der Waals surface area contributed by atoms with Crippen LogP contribution in [0.3, 0.4) is 0 Å². The van der Waals surface area contributed by atoms with E-state index in [0.29, 0.717) is 6.54 Å². The number of carbonyl (C=O) groups is 1. The molecule has 1 aliphatic heterocycles. The lowest BCUT2D eigenvalue weighted by Gasteiger charge is -2.23. The zero-order valence-electron chi connectivity index (χ0n) is 12.1. The van der Waals surface area contributed by atoms with Crippen LogP contribution in [0.15, 0.2) is 18.2 Å². The normalized spacial score (nSPS) is 17.8. The number of nitrogens with two attached hydrogens (primary N) is 1. The zero-order chi connectivity index (χ0) is 13.8. The van der Waals surface area contributed by atoms with Crippen LogP contribution in [0, 0.1) is 13.8 Å². The lowest BCUT2D eigenvalue weighted by atomic mass is 10.1. The van der Waals surface area contributed by atoms with Crippen molar-refractivity contribution >= 4 is 18.3 Å². The van der Waals surface area contributed by atoms with Gasteiger partial charge in [0.25, 0.3) is 5.91 Å². The third kappa shape index (κ3) is 3.87. The molecule has 1 saturated heterocycles. The Bertz CT molecular complexity index is 465. The third-order valence-electron chi connectivity index (χ3n) is 3.66. The van der Waals surface area contributed by atoms with Crippen LogP contribution >= 0.6 is 12.4 Å². The molecular formula is C15H23ClN2O2. The van der Waals surface area contributed by atoms with Gasteiger partial charge in [-0.1, -0.05) is 12.1 Å². The Morgan fingerprint density at radius 2 is 2.20 bits per heavy atom. The molecule has 2 N–H and O–H groups in total. The second-order valence-electron chi connectivity index (χ2n) is 5.18. The van der Waals surface area contributed by atoms with Crippen LogP contribution in [0.5, 0.6) is 5.75 Å². The Morgan fingerprint density at radius 1 is 1.45 bits per heavy atom. The van der Waals surface area contributed by atoms with E-state index in [-0.39, 0.29) is 31.0 Å². The summed E-state index contributed by atoms with van der Waals surface area (Å²) in [4.78, 5) is 14.0. The van der Waals surface area contributed by atoms with Gasteiger partial charge < -0.3 is 15.4 Å². The highest BCUT2D eigenvalue weighted by Gasteiger charge is 2.27. The molecule has 0 radical (unpaired) electrons. The summed E-state index contributed by atoms with van der Waals surface area (Å²) >= 11 is 0. The van der Waals surface area contributed by atoms with E-state index in [4.69, 9.17) is 10.5 Å². The Hall–Kier alpha value is -1.26. The molecule has 1 atom stereocenters. The summed E-state index contributed by atoms with van der Waals surface area (Å²) in [5.41, 5.74) is 7.86. The predicted molar refractivity (Wildman–Crippen MR) is 82.4 cm³/mol. The van der Waals surface area contributed by atoms with Gasteiger partial charge in [-0.2, -0.15) is 0 Å². The summed E-state index contributed by atoms with van der Waals surface area (Å²) in [6.45, 7) is 5.43. The summed E-state index contributed by atoms with van der Waals surface area (Å²) in [7, 11) is 0. The van der Waals surface area contributed by atoms with Crippen molar-refractivity contribution < 1.29 is 9.53 Å². The van der Waals surface area contributed by atoms with E-state index in [1.807, 2.05) is 36.9 Å². The lowest BCUT2D eigenvalue weighted by Crippen LogP contribution is -2.42. The van der Waals surface area contributed by atoms with Gasteiger partial charge in [0.15, 0.2) is 6.61 Å². The minimum Gasteiger partial charge on any atom is -0.483 e. The van der Waals surface area contributed by atoms with Crippen molar-refractivity contribution in [3.8, 4) is 5.75 Å². The molecule has 1 heterocycles. The maximum atomic E-state index is 12.1. The summed E-state index contributed by atoms with van der Waals surface area (Å²) < 4.78 is 5.65. The average Bonchev–Trinajstić information content (AvgIpc) is 2.88. The van der Waals surface area contributed by atoms with Crippen molar-refractivity contribution in [2.24, 2.45) is 5.73 Å². The predicted octanol–water partition coefficient (Wildman–Crippen LogP) is 2.05. The van der Waals surface area contributed by atoms with Crippen LogP contribution < -0.4 is 10.5 Å². The van der Waals surface area contributed by atoms with Crippen LogP contribution in [0.4, 0.5) is 0 Å². The summed E-state index contributed by atoms with van der Waals surface area (Å²) in [5, 5.41) is 0. The van der Waals surface area contributed by atoms with Gasteiger partial charge in [0, 0.05) is 19.1 Å². The number of aryl methyl sites for hydroxylation is 2. The number of benzene rings is 1. The topological polar surface area (TPSA) is 55.6 Å². The van der Waals surface area contributed by atoms with Gasteiger partial charge in [-0.15, -0.1) is 12.4 Å². The smallest absolute Gasteiger partial charge is 0.260 e. The van der Waals surface area contributed by atoms with Crippen molar-refractivity contribution in [3.63, 3.8) is 0 Å². The highest BCUT2D eigenvalue weighted by atomic mass is 35.5. The minimum absolute atomic E-state index is 0. The number of carbonyl (C=O) groups excluding carboxylic acids is 1. The van der Waals surface area contributed by atoms with Crippen LogP contribution in [0.2, 0.25) is 0 Å². The number of rotatable bonds is 4. The van der Waals surface area contributed by atoms with Gasteiger partial charge in [0.1, 0.15) is 5.75 Å². The second-order valence-corrected chi connectivity index (χ2v) is 5.18. The Kier molecular flexibility index (Phi) is 6.30. The number of hydrogen-bond donors (Lipinski definition) is 1. The van der Waals surface area contributed by atoms with Crippen LogP contribution in [0.1, 0.15) is 24.0 Å². The number of hydrogen-bond acceptors (Lipinski definition) is 3. The van der Waals surface area contributed by atoms with Crippen molar-refractivity contribution in [2.45, 2.75) is 32.7 Å². The first-order valence-corrected chi connectivity index (χ1v) is 6.81. The average molecular weight is 299 g/mol. The van der Waals surface area contributed by atoms with Crippen molar-refractivity contribution in [1.29, 1.82) is 0 Å². The van der Waals surface area contributed by atoms with E-state index in [9.17, 15) is 4.79 Å². The maximum absolute atomic E-state index is 12.1. The fourth-order valence-corrected chi connectivity index (χ4v) is 2.49. The van der Waals surface area contributed by atoms with E-state index in [0.717, 1.165) is 36.3 Å². The van der Waals surface area contributed by atoms with Gasteiger partial charge >= 0.3 is 0 Å². The number of amides is 1. The standard InChI is InChI=1S/C15H22N2O2.ClH/c1-11-5-6-12(2)14(8-11)19-10-15(18)17-7-3-4-13(17)9-16;/h5-6,8,13H,3-4,7,9-10,16H2,1-2H3;1H. The first-order chi connectivity index (χ1) is 9.11. The van der Waals surface area contributed by atoms with Crippen molar-refractivity contribution in [1.82, 2.24) is 4.90 Å². The summed E-state index contributed by atoms with van der Waals surface area (Å²) in [6.07, 6.45) is 2.04. The van der Waals surface area contributed by atoms with Crippen molar-refractivity contribution in [2.75, 3.05) is 19.7 Å². The molecule has 0 spiro atoms. The molecule has 0 aliphatic carbocycles. The SMILES string of the molecule is Cc1ccc(C)c(OCC(=O)N2CCCC2CN)c1.Cl. The van der Waals surface area contributed by atoms with Gasteiger partial charge in [-0.3, -0.25) is 4.79 Å². The van der Waals surface area contributed by atoms with Crippen LogP contribution in [-0.2, 0) is 4.79 Å². The fourth-order valence-electron chi connectivity index (χ4n) is 2.49. The molecule has 2 rings (SSSR count). The van der Waals surface area contributed by atoms with Crippen LogP contribution in [0.25, 0.3) is 0 Å². The van der Waals surface area contributed by atoms with E-state index >= 15 is 0 Å². The Morgan fingerprint density at radius 3 is 2.90 bits per heavy atom. The van der Waals surface area contributed by atoms with E-state index in [1.165, 1.54) is 0 Å². The van der Waals surface area contributed by atoms with E-state index in [2.05, 4.69) is 0 Å². The lowest BCUT2D eigenvalue weighted by molar-refractivity contribution is -0.134. The molecule has 1 amide bonds. The highest BCUT2D eigenvalue weighted by Crippen LogP contribution is 2.20. The molecule has 20 heavy (non-hydrogen) atoms. The monoisotopic (exact) mass is 298 g/mol. The third-order valence-corrected chi connectivity index (χ3v) is 3.66. The van der Waals surface area contributed by atoms with Crippen LogP contribution in [-0.4, -0.2) is 36.5 Å². The molecular weight excluding hydrogens is 276 g/mol. The largest absolute Gasteiger partial charge is 0.483 e. The molecule has 1 unspecified atom stereocenters. The molecule has 112 valence electrons. The van der Waals surface area contributed by atoms with Gasteiger partial charge in [-0.05, 0) is 43.9 Å². The molecule has 1 aliphatic rings. The number of ether oxygens (including phenoxy) is 1. The molecule has 4 nitrogen and oxygen atoms in total. The maximum Gasteiger partial charge on any atom is 0.260 e. The number of nitrogens with zero attached hydrogens (tertiary/aromatic N) is 1. The highest BCUT2D eigenvalue weighted by molar-refractivity contribution is 5.85. The Balaban J connectivity index is 0.00000200. The molecule has 0 aromatic heterocycles. The number of likely N-dealkylation sites (tertiary alicyclic amines) is 1. The molecule has 5 heteroatoms. The molecule has 1 aromatic rings. The van der Waals surface area contributed by atoms with Gasteiger partial charge in [-0.25, -0.2) is 0 Å².